The molecule has 0 aliphatic rings. The van der Waals surface area contributed by atoms with Crippen LogP contribution in [0.5, 0.6) is 11.5 Å². The van der Waals surface area contributed by atoms with Crippen molar-refractivity contribution >= 4 is 23.6 Å². The van der Waals surface area contributed by atoms with Crippen LogP contribution in [0, 0.1) is 0 Å². The molecule has 2 aromatic heterocycles. The van der Waals surface area contributed by atoms with Crippen molar-refractivity contribution in [2.45, 2.75) is 26.7 Å². The molecule has 31 heavy (non-hydrogen) atoms. The molecule has 0 atom stereocenters. The maximum absolute atomic E-state index is 12.2. The van der Waals surface area contributed by atoms with Crippen molar-refractivity contribution in [1.82, 2.24) is 10.1 Å². The number of ether oxygens (including phenoxy) is 2. The van der Waals surface area contributed by atoms with Crippen molar-refractivity contribution in [2.75, 3.05) is 30.0 Å². The zero-order chi connectivity index (χ0) is 21.9. The Hall–Kier alpha value is -3.00. The second kappa shape index (κ2) is 12.0. The molecular formula is C23H27N3O4S. The van der Waals surface area contributed by atoms with E-state index in [0.717, 1.165) is 29.2 Å². The van der Waals surface area contributed by atoms with Crippen LogP contribution in [0.1, 0.15) is 26.0 Å². The van der Waals surface area contributed by atoms with Gasteiger partial charge in [-0.3, -0.25) is 15.1 Å². The van der Waals surface area contributed by atoms with Crippen LogP contribution in [-0.4, -0.2) is 40.8 Å². The Bertz CT molecular complexity index is 962. The van der Waals surface area contributed by atoms with Crippen LogP contribution >= 0.6 is 11.8 Å². The molecule has 3 rings (SSSR count). The fourth-order valence-electron chi connectivity index (χ4n) is 2.87. The van der Waals surface area contributed by atoms with Gasteiger partial charge in [0, 0.05) is 35.7 Å². The second-order valence-electron chi connectivity index (χ2n) is 6.59. The minimum absolute atomic E-state index is 0.102. The van der Waals surface area contributed by atoms with Gasteiger partial charge in [-0.1, -0.05) is 11.2 Å². The van der Waals surface area contributed by atoms with E-state index < -0.39 is 0 Å². The van der Waals surface area contributed by atoms with Gasteiger partial charge in [0.25, 0.3) is 0 Å². The number of aromatic nitrogens is 2. The third-order valence-corrected chi connectivity index (χ3v) is 5.30. The lowest BCUT2D eigenvalue weighted by Crippen LogP contribution is -2.11. The van der Waals surface area contributed by atoms with Crippen molar-refractivity contribution < 1.29 is 18.8 Å². The van der Waals surface area contributed by atoms with Crippen LogP contribution in [0.3, 0.4) is 0 Å². The van der Waals surface area contributed by atoms with E-state index in [4.69, 9.17) is 14.0 Å². The van der Waals surface area contributed by atoms with E-state index in [2.05, 4.69) is 15.5 Å². The third-order valence-electron chi connectivity index (χ3n) is 4.31. The highest BCUT2D eigenvalue weighted by Crippen LogP contribution is 2.33. The van der Waals surface area contributed by atoms with E-state index >= 15 is 0 Å². The van der Waals surface area contributed by atoms with E-state index in [1.165, 1.54) is 0 Å². The summed E-state index contributed by atoms with van der Waals surface area (Å²) in [5.41, 5.74) is 2.50. The van der Waals surface area contributed by atoms with Gasteiger partial charge in [-0.15, -0.1) is 0 Å². The lowest BCUT2D eigenvalue weighted by atomic mass is 10.1. The molecule has 1 amide bonds. The van der Waals surface area contributed by atoms with Crippen LogP contribution in [0.25, 0.3) is 11.3 Å². The summed E-state index contributed by atoms with van der Waals surface area (Å²) in [4.78, 5) is 16.5. The average molecular weight is 442 g/mol. The molecule has 0 bridgehead atoms. The highest BCUT2D eigenvalue weighted by Gasteiger charge is 2.13. The molecule has 0 saturated carbocycles. The number of carbonyl (C=O) groups excluding carboxylic acids is 1. The monoisotopic (exact) mass is 441 g/mol. The van der Waals surface area contributed by atoms with Crippen molar-refractivity contribution in [3.8, 4) is 22.8 Å². The van der Waals surface area contributed by atoms with Gasteiger partial charge in [0.05, 0.1) is 13.2 Å². The Kier molecular flexibility index (Phi) is 8.78. The Balaban J connectivity index is 1.48. The predicted octanol–water partition coefficient (Wildman–Crippen LogP) is 4.84. The molecule has 0 aliphatic heterocycles. The first-order chi connectivity index (χ1) is 15.2. The van der Waals surface area contributed by atoms with Gasteiger partial charge in [-0.2, -0.15) is 11.8 Å². The minimum atomic E-state index is -0.102. The van der Waals surface area contributed by atoms with Crippen LogP contribution < -0.4 is 14.8 Å². The van der Waals surface area contributed by atoms with E-state index in [1.54, 1.807) is 24.0 Å². The molecule has 3 aromatic rings. The summed E-state index contributed by atoms with van der Waals surface area (Å²) >= 11 is 1.73. The van der Waals surface area contributed by atoms with E-state index in [-0.39, 0.29) is 5.91 Å². The first kappa shape index (κ1) is 22.7. The number of amides is 1. The summed E-state index contributed by atoms with van der Waals surface area (Å²) in [6.07, 6.45) is 3.09. The summed E-state index contributed by atoms with van der Waals surface area (Å²) < 4.78 is 16.5. The molecule has 0 radical (unpaired) electrons. The Labute approximate surface area is 186 Å². The standard InChI is InChI=1S/C23H27N3O4S/c1-3-28-20-9-8-17(15-21(20)29-4-2)19-16-23(30-26-19)25-22(27)11-14-31-13-10-18-7-5-6-12-24-18/h5-9,12,15-16H,3-4,10-11,13-14H2,1-2H3,(H,25,27). The number of hydrogen-bond donors (Lipinski definition) is 1. The van der Waals surface area contributed by atoms with E-state index in [1.807, 2.05) is 50.2 Å². The first-order valence-electron chi connectivity index (χ1n) is 10.3. The number of hydrogen-bond acceptors (Lipinski definition) is 7. The number of aryl methyl sites for hydroxylation is 1. The van der Waals surface area contributed by atoms with Crippen molar-refractivity contribution in [1.29, 1.82) is 0 Å². The number of nitrogens with one attached hydrogen (secondary N) is 1. The largest absolute Gasteiger partial charge is 0.490 e. The van der Waals surface area contributed by atoms with Crippen LogP contribution in [-0.2, 0) is 11.2 Å². The van der Waals surface area contributed by atoms with Gasteiger partial charge in [0.1, 0.15) is 5.69 Å². The fourth-order valence-corrected chi connectivity index (χ4v) is 3.76. The summed E-state index contributed by atoms with van der Waals surface area (Å²) in [7, 11) is 0. The molecule has 7 nitrogen and oxygen atoms in total. The van der Waals surface area contributed by atoms with Crippen LogP contribution in [0.15, 0.2) is 53.2 Å². The Morgan fingerprint density at radius 1 is 1.06 bits per heavy atom. The first-order valence-corrected chi connectivity index (χ1v) is 11.5. The number of benzene rings is 1. The van der Waals surface area contributed by atoms with Crippen molar-refractivity contribution in [3.05, 3.63) is 54.4 Å². The molecule has 1 aromatic carbocycles. The molecule has 2 heterocycles. The number of thioether (sulfide) groups is 1. The highest BCUT2D eigenvalue weighted by molar-refractivity contribution is 7.99. The number of nitrogens with zero attached hydrogens (tertiary/aromatic N) is 2. The van der Waals surface area contributed by atoms with Crippen molar-refractivity contribution in [2.24, 2.45) is 0 Å². The fraction of sp³-hybridized carbons (Fsp3) is 0.348. The summed E-state index contributed by atoms with van der Waals surface area (Å²) in [6.45, 7) is 4.93. The predicted molar refractivity (Wildman–Crippen MR) is 123 cm³/mol. The average Bonchev–Trinajstić information content (AvgIpc) is 3.24. The Morgan fingerprint density at radius 3 is 2.68 bits per heavy atom. The topological polar surface area (TPSA) is 86.5 Å². The molecule has 0 saturated heterocycles. The molecule has 0 spiro atoms. The lowest BCUT2D eigenvalue weighted by Gasteiger charge is -2.11. The van der Waals surface area contributed by atoms with Crippen LogP contribution in [0.4, 0.5) is 5.88 Å². The second-order valence-corrected chi connectivity index (χ2v) is 7.81. The van der Waals surface area contributed by atoms with E-state index in [0.29, 0.717) is 42.7 Å². The van der Waals surface area contributed by atoms with Gasteiger partial charge in [0.15, 0.2) is 11.5 Å². The molecular weight excluding hydrogens is 414 g/mol. The number of pyridine rings is 1. The zero-order valence-electron chi connectivity index (χ0n) is 17.8. The molecule has 0 unspecified atom stereocenters. The third kappa shape index (κ3) is 7.03. The quantitative estimate of drug-likeness (QED) is 0.403. The normalized spacial score (nSPS) is 10.6. The lowest BCUT2D eigenvalue weighted by molar-refractivity contribution is -0.115. The van der Waals surface area contributed by atoms with Crippen molar-refractivity contribution in [3.63, 3.8) is 0 Å². The van der Waals surface area contributed by atoms with Gasteiger partial charge in [-0.25, -0.2) is 0 Å². The maximum Gasteiger partial charge on any atom is 0.231 e. The Morgan fingerprint density at radius 2 is 1.90 bits per heavy atom. The molecule has 1 N–H and O–H groups in total. The summed E-state index contributed by atoms with van der Waals surface area (Å²) in [5, 5.41) is 6.82. The number of anilines is 1. The van der Waals surface area contributed by atoms with Gasteiger partial charge in [0.2, 0.25) is 11.8 Å². The summed E-state index contributed by atoms with van der Waals surface area (Å²) in [5.74, 6) is 3.22. The number of rotatable bonds is 12. The zero-order valence-corrected chi connectivity index (χ0v) is 18.6. The van der Waals surface area contributed by atoms with E-state index in [9.17, 15) is 4.79 Å². The van der Waals surface area contributed by atoms with Gasteiger partial charge >= 0.3 is 0 Å². The minimum Gasteiger partial charge on any atom is -0.490 e. The maximum atomic E-state index is 12.2. The molecule has 164 valence electrons. The van der Waals surface area contributed by atoms with Crippen LogP contribution in [0.2, 0.25) is 0 Å². The van der Waals surface area contributed by atoms with Gasteiger partial charge < -0.3 is 14.0 Å². The molecule has 0 fully saturated rings. The van der Waals surface area contributed by atoms with Gasteiger partial charge in [-0.05, 0) is 56.4 Å². The SMILES string of the molecule is CCOc1ccc(-c2cc(NC(=O)CCSCCc3ccccn3)on2)cc1OCC. The highest BCUT2D eigenvalue weighted by atomic mass is 32.2. The molecule has 8 heteroatoms. The molecule has 0 aliphatic carbocycles. The smallest absolute Gasteiger partial charge is 0.231 e. The number of carbonyl (C=O) groups is 1. The summed E-state index contributed by atoms with van der Waals surface area (Å²) in [6, 6.07) is 13.2.